The lowest BCUT2D eigenvalue weighted by Crippen LogP contribution is -2.37. The van der Waals surface area contributed by atoms with Gasteiger partial charge >= 0.3 is 0 Å². The first-order valence-electron chi connectivity index (χ1n) is 7.07. The number of Topliss-reactive ketones (excluding diaryl/α,β-unsaturated/α-hetero) is 1. The van der Waals surface area contributed by atoms with E-state index in [1.807, 2.05) is 31.2 Å². The Kier molecular flexibility index (Phi) is 5.15. The van der Waals surface area contributed by atoms with Crippen molar-refractivity contribution >= 4 is 5.78 Å². The van der Waals surface area contributed by atoms with Crippen LogP contribution in [0, 0.1) is 5.92 Å². The molecule has 4 heteroatoms. The van der Waals surface area contributed by atoms with E-state index in [0.717, 1.165) is 37.4 Å². The zero-order chi connectivity index (χ0) is 14.5. The smallest absolute Gasteiger partial charge is 0.179 e. The molecule has 1 fully saturated rings. The van der Waals surface area contributed by atoms with Gasteiger partial charge in [-0.25, -0.2) is 0 Å². The molecule has 0 aromatic heterocycles. The third kappa shape index (κ3) is 3.38. The molecule has 0 aliphatic carbocycles. The van der Waals surface area contributed by atoms with E-state index in [0.29, 0.717) is 5.92 Å². The van der Waals surface area contributed by atoms with Crippen LogP contribution in [0.15, 0.2) is 24.3 Å². The fraction of sp³-hybridized carbons (Fsp3) is 0.562. The molecule has 110 valence electrons. The lowest BCUT2D eigenvalue weighted by molar-refractivity contribution is 0.0852. The number of carbonyl (C=O) groups is 1. The molecule has 1 saturated heterocycles. The summed E-state index contributed by atoms with van der Waals surface area (Å²) in [7, 11) is 3.36. The Balaban J connectivity index is 1.97. The van der Waals surface area contributed by atoms with Crippen molar-refractivity contribution in [1.82, 2.24) is 4.90 Å². The molecule has 1 aromatic carbocycles. The highest BCUT2D eigenvalue weighted by Gasteiger charge is 2.29. The Bertz CT molecular complexity index is 444. The van der Waals surface area contributed by atoms with E-state index in [9.17, 15) is 4.79 Å². The number of ketones is 1. The lowest BCUT2D eigenvalue weighted by atomic mass is 10.0. The van der Waals surface area contributed by atoms with Crippen molar-refractivity contribution in [2.75, 3.05) is 33.9 Å². The third-order valence-electron chi connectivity index (χ3n) is 4.02. The van der Waals surface area contributed by atoms with Crippen LogP contribution in [0.3, 0.4) is 0 Å². The minimum atomic E-state index is -0.0785. The summed E-state index contributed by atoms with van der Waals surface area (Å²) in [4.78, 5) is 14.7. The topological polar surface area (TPSA) is 38.8 Å². The fourth-order valence-corrected chi connectivity index (χ4v) is 2.75. The SMILES string of the molecule is COCC1CCN(C(C)C(=O)c2ccc(OC)cc2)C1. The Hall–Kier alpha value is -1.39. The van der Waals surface area contributed by atoms with Crippen molar-refractivity contribution in [3.63, 3.8) is 0 Å². The van der Waals surface area contributed by atoms with Crippen LogP contribution in [0.5, 0.6) is 5.75 Å². The third-order valence-corrected chi connectivity index (χ3v) is 4.02. The predicted octanol–water partition coefficient (Wildman–Crippen LogP) is 2.23. The number of hydrogen-bond donors (Lipinski definition) is 0. The first-order chi connectivity index (χ1) is 9.65. The average Bonchev–Trinajstić information content (AvgIpc) is 2.95. The van der Waals surface area contributed by atoms with Gasteiger partial charge in [0.2, 0.25) is 0 Å². The molecule has 1 heterocycles. The quantitative estimate of drug-likeness (QED) is 0.748. The van der Waals surface area contributed by atoms with Crippen molar-refractivity contribution in [3.8, 4) is 5.75 Å². The van der Waals surface area contributed by atoms with Crippen LogP contribution < -0.4 is 4.74 Å². The Morgan fingerprint density at radius 3 is 2.65 bits per heavy atom. The maximum atomic E-state index is 12.5. The van der Waals surface area contributed by atoms with Gasteiger partial charge in [0.25, 0.3) is 0 Å². The zero-order valence-corrected chi connectivity index (χ0v) is 12.5. The van der Waals surface area contributed by atoms with Crippen LogP contribution >= 0.6 is 0 Å². The number of methoxy groups -OCH3 is 2. The molecule has 0 bridgehead atoms. The van der Waals surface area contributed by atoms with E-state index in [1.54, 1.807) is 14.2 Å². The standard InChI is InChI=1S/C16H23NO3/c1-12(17-9-8-13(10-17)11-19-2)16(18)14-4-6-15(20-3)7-5-14/h4-7,12-13H,8-11H2,1-3H3. The molecule has 2 atom stereocenters. The van der Waals surface area contributed by atoms with E-state index in [2.05, 4.69) is 4.90 Å². The second-order valence-corrected chi connectivity index (χ2v) is 5.37. The zero-order valence-electron chi connectivity index (χ0n) is 12.5. The van der Waals surface area contributed by atoms with Crippen LogP contribution in [-0.2, 0) is 4.74 Å². The number of likely N-dealkylation sites (tertiary alicyclic amines) is 1. The minimum Gasteiger partial charge on any atom is -0.497 e. The van der Waals surface area contributed by atoms with E-state index in [1.165, 1.54) is 0 Å². The van der Waals surface area contributed by atoms with Gasteiger partial charge in [-0.05, 0) is 50.1 Å². The maximum Gasteiger partial charge on any atom is 0.179 e. The summed E-state index contributed by atoms with van der Waals surface area (Å²) >= 11 is 0. The molecular formula is C16H23NO3. The van der Waals surface area contributed by atoms with Gasteiger partial charge < -0.3 is 9.47 Å². The van der Waals surface area contributed by atoms with Gasteiger partial charge in [-0.3, -0.25) is 9.69 Å². The molecule has 1 aliphatic heterocycles. The number of rotatable bonds is 6. The average molecular weight is 277 g/mol. The van der Waals surface area contributed by atoms with Gasteiger partial charge in [0.05, 0.1) is 19.8 Å². The Labute approximate surface area is 120 Å². The van der Waals surface area contributed by atoms with E-state index in [-0.39, 0.29) is 11.8 Å². The molecule has 4 nitrogen and oxygen atoms in total. The van der Waals surface area contributed by atoms with E-state index in [4.69, 9.17) is 9.47 Å². The number of nitrogens with zero attached hydrogens (tertiary/aromatic N) is 1. The summed E-state index contributed by atoms with van der Waals surface area (Å²) in [6.07, 6.45) is 1.11. The Morgan fingerprint density at radius 2 is 2.05 bits per heavy atom. The van der Waals surface area contributed by atoms with E-state index >= 15 is 0 Å². The lowest BCUT2D eigenvalue weighted by Gasteiger charge is -2.23. The van der Waals surface area contributed by atoms with Crippen LogP contribution in [0.2, 0.25) is 0 Å². The molecule has 20 heavy (non-hydrogen) atoms. The molecule has 0 amide bonds. The number of benzene rings is 1. The highest BCUT2D eigenvalue weighted by Crippen LogP contribution is 2.21. The first kappa shape index (κ1) is 15.0. The van der Waals surface area contributed by atoms with Gasteiger partial charge in [0.1, 0.15) is 5.75 Å². The molecule has 1 aromatic rings. The summed E-state index contributed by atoms with van der Waals surface area (Å²) in [6, 6.07) is 7.25. The van der Waals surface area contributed by atoms with Crippen LogP contribution in [-0.4, -0.2) is 50.6 Å². The second-order valence-electron chi connectivity index (χ2n) is 5.37. The van der Waals surface area contributed by atoms with Gasteiger partial charge in [0.15, 0.2) is 5.78 Å². The van der Waals surface area contributed by atoms with Gasteiger partial charge in [-0.1, -0.05) is 0 Å². The van der Waals surface area contributed by atoms with Crippen molar-refractivity contribution < 1.29 is 14.3 Å². The van der Waals surface area contributed by atoms with Crippen molar-refractivity contribution in [1.29, 1.82) is 0 Å². The first-order valence-corrected chi connectivity index (χ1v) is 7.07. The molecule has 0 N–H and O–H groups in total. The molecule has 1 aliphatic rings. The maximum absolute atomic E-state index is 12.5. The summed E-state index contributed by atoms with van der Waals surface area (Å²) in [5.74, 6) is 1.49. The highest BCUT2D eigenvalue weighted by atomic mass is 16.5. The monoisotopic (exact) mass is 277 g/mol. The van der Waals surface area contributed by atoms with Crippen molar-refractivity contribution in [2.45, 2.75) is 19.4 Å². The number of ether oxygens (including phenoxy) is 2. The van der Waals surface area contributed by atoms with E-state index < -0.39 is 0 Å². The van der Waals surface area contributed by atoms with Crippen molar-refractivity contribution in [3.05, 3.63) is 29.8 Å². The summed E-state index contributed by atoms with van der Waals surface area (Å²) in [5.41, 5.74) is 0.744. The van der Waals surface area contributed by atoms with Crippen LogP contribution in [0.25, 0.3) is 0 Å². The molecule has 2 rings (SSSR count). The normalized spacial score (nSPS) is 20.9. The summed E-state index contributed by atoms with van der Waals surface area (Å²) < 4.78 is 10.3. The molecule has 0 radical (unpaired) electrons. The second kappa shape index (κ2) is 6.86. The fourth-order valence-electron chi connectivity index (χ4n) is 2.75. The van der Waals surface area contributed by atoms with Gasteiger partial charge in [-0.15, -0.1) is 0 Å². The molecule has 0 spiro atoms. The van der Waals surface area contributed by atoms with Crippen molar-refractivity contribution in [2.24, 2.45) is 5.92 Å². The van der Waals surface area contributed by atoms with Crippen LogP contribution in [0.4, 0.5) is 0 Å². The van der Waals surface area contributed by atoms with Gasteiger partial charge in [0, 0.05) is 19.2 Å². The Morgan fingerprint density at radius 1 is 1.35 bits per heavy atom. The molecule has 0 saturated carbocycles. The number of hydrogen-bond acceptors (Lipinski definition) is 4. The van der Waals surface area contributed by atoms with Crippen LogP contribution in [0.1, 0.15) is 23.7 Å². The largest absolute Gasteiger partial charge is 0.497 e. The van der Waals surface area contributed by atoms with Gasteiger partial charge in [-0.2, -0.15) is 0 Å². The molecular weight excluding hydrogens is 254 g/mol. The predicted molar refractivity (Wildman–Crippen MR) is 78.3 cm³/mol. The minimum absolute atomic E-state index is 0.0785. The number of carbonyl (C=O) groups excluding carboxylic acids is 1. The molecule has 2 unspecified atom stereocenters. The summed E-state index contributed by atoms with van der Waals surface area (Å²) in [6.45, 7) is 4.68. The highest BCUT2D eigenvalue weighted by molar-refractivity contribution is 5.99. The summed E-state index contributed by atoms with van der Waals surface area (Å²) in [5, 5.41) is 0.